The van der Waals surface area contributed by atoms with Gasteiger partial charge in [-0.15, -0.1) is 0 Å². The lowest BCUT2D eigenvalue weighted by Crippen LogP contribution is -2.21. The van der Waals surface area contributed by atoms with Gasteiger partial charge in [0.05, 0.1) is 14.2 Å². The summed E-state index contributed by atoms with van der Waals surface area (Å²) in [4.78, 5) is 23.7. The first-order valence-corrected chi connectivity index (χ1v) is 5.26. The van der Waals surface area contributed by atoms with Crippen LogP contribution in [0.4, 0.5) is 0 Å². The SMILES string of the molecule is COC1=C(OC)C(=O)C(CC=C(C)C)=CC1=O. The molecule has 0 spiro atoms. The lowest BCUT2D eigenvalue weighted by Gasteiger charge is -2.16. The lowest BCUT2D eigenvalue weighted by molar-refractivity contribution is -0.120. The van der Waals surface area contributed by atoms with Gasteiger partial charge in [-0.2, -0.15) is 0 Å². The van der Waals surface area contributed by atoms with Gasteiger partial charge in [-0.3, -0.25) is 9.59 Å². The van der Waals surface area contributed by atoms with Crippen LogP contribution in [0.25, 0.3) is 0 Å². The summed E-state index contributed by atoms with van der Waals surface area (Å²) in [6.07, 6.45) is 3.63. The fourth-order valence-corrected chi connectivity index (χ4v) is 1.49. The molecule has 0 N–H and O–H groups in total. The Labute approximate surface area is 101 Å². The van der Waals surface area contributed by atoms with Crippen LogP contribution in [0, 0.1) is 0 Å². The molecule has 0 aromatic rings. The zero-order valence-electron chi connectivity index (χ0n) is 10.5. The first-order chi connectivity index (χ1) is 8.01. The Balaban J connectivity index is 3.04. The fourth-order valence-electron chi connectivity index (χ4n) is 1.49. The Morgan fingerprint density at radius 1 is 1.18 bits per heavy atom. The first kappa shape index (κ1) is 13.2. The normalized spacial score (nSPS) is 15.6. The van der Waals surface area contributed by atoms with E-state index >= 15 is 0 Å². The molecule has 0 radical (unpaired) electrons. The zero-order chi connectivity index (χ0) is 13.0. The van der Waals surface area contributed by atoms with Crippen molar-refractivity contribution in [3.8, 4) is 0 Å². The Hall–Kier alpha value is -1.84. The summed E-state index contributed by atoms with van der Waals surface area (Å²) in [7, 11) is 2.69. The van der Waals surface area contributed by atoms with Gasteiger partial charge in [0.15, 0.2) is 0 Å². The zero-order valence-corrected chi connectivity index (χ0v) is 10.5. The van der Waals surface area contributed by atoms with Crippen LogP contribution in [0.3, 0.4) is 0 Å². The number of carbonyl (C=O) groups excluding carboxylic acids is 2. The average molecular weight is 236 g/mol. The third kappa shape index (κ3) is 2.84. The van der Waals surface area contributed by atoms with E-state index in [1.807, 2.05) is 19.9 Å². The Morgan fingerprint density at radius 3 is 2.24 bits per heavy atom. The van der Waals surface area contributed by atoms with E-state index in [0.29, 0.717) is 12.0 Å². The molecule has 0 aliphatic heterocycles. The number of Topliss-reactive ketones (excluding diaryl/α,β-unsaturated/α-hetero) is 1. The minimum absolute atomic E-state index is 0.0165. The largest absolute Gasteiger partial charge is 0.490 e. The van der Waals surface area contributed by atoms with Crippen LogP contribution >= 0.6 is 0 Å². The number of rotatable bonds is 4. The minimum Gasteiger partial charge on any atom is -0.490 e. The summed E-state index contributed by atoms with van der Waals surface area (Å²) in [6, 6.07) is 0. The molecule has 0 heterocycles. The van der Waals surface area contributed by atoms with Crippen molar-refractivity contribution in [3.05, 3.63) is 34.8 Å². The molecule has 1 aliphatic carbocycles. The van der Waals surface area contributed by atoms with E-state index in [2.05, 4.69) is 0 Å². The van der Waals surface area contributed by atoms with E-state index in [-0.39, 0.29) is 23.1 Å². The van der Waals surface area contributed by atoms with Crippen LogP contribution in [-0.2, 0) is 19.1 Å². The maximum absolute atomic E-state index is 12.0. The third-order valence-corrected chi connectivity index (χ3v) is 2.37. The molecule has 1 aliphatic rings. The van der Waals surface area contributed by atoms with Gasteiger partial charge in [-0.1, -0.05) is 11.6 Å². The van der Waals surface area contributed by atoms with E-state index in [1.54, 1.807) is 0 Å². The number of allylic oxidation sites excluding steroid dienone is 4. The highest BCUT2D eigenvalue weighted by atomic mass is 16.5. The Morgan fingerprint density at radius 2 is 1.76 bits per heavy atom. The smallest absolute Gasteiger partial charge is 0.228 e. The predicted molar refractivity (Wildman–Crippen MR) is 63.2 cm³/mol. The molecule has 0 saturated heterocycles. The quantitative estimate of drug-likeness (QED) is 0.553. The Kier molecular flexibility index (Phi) is 4.26. The van der Waals surface area contributed by atoms with Gasteiger partial charge in [0.1, 0.15) is 0 Å². The molecular formula is C13H16O4. The molecule has 1 rings (SSSR count). The van der Waals surface area contributed by atoms with Crippen LogP contribution < -0.4 is 0 Å². The number of carbonyl (C=O) groups is 2. The predicted octanol–water partition coefficient (Wildman–Crippen LogP) is 1.93. The maximum Gasteiger partial charge on any atom is 0.228 e. The maximum atomic E-state index is 12.0. The summed E-state index contributed by atoms with van der Waals surface area (Å²) in [5.74, 6) is -0.668. The van der Waals surface area contributed by atoms with Crippen LogP contribution in [0.1, 0.15) is 20.3 Å². The van der Waals surface area contributed by atoms with Crippen molar-refractivity contribution in [2.75, 3.05) is 14.2 Å². The number of ketones is 2. The molecular weight excluding hydrogens is 220 g/mol. The monoisotopic (exact) mass is 236 g/mol. The van der Waals surface area contributed by atoms with Gasteiger partial charge < -0.3 is 9.47 Å². The topological polar surface area (TPSA) is 52.6 Å². The summed E-state index contributed by atoms with van der Waals surface area (Å²) in [5.41, 5.74) is 1.51. The molecule has 0 fully saturated rings. The van der Waals surface area contributed by atoms with Crippen LogP contribution in [0.15, 0.2) is 34.8 Å². The van der Waals surface area contributed by atoms with Gasteiger partial charge in [0.2, 0.25) is 23.1 Å². The summed E-state index contributed by atoms with van der Waals surface area (Å²) >= 11 is 0. The van der Waals surface area contributed by atoms with Gasteiger partial charge in [-0.05, 0) is 26.3 Å². The van der Waals surface area contributed by atoms with Crippen molar-refractivity contribution in [1.82, 2.24) is 0 Å². The molecule has 0 aromatic carbocycles. The molecule has 0 bridgehead atoms. The van der Waals surface area contributed by atoms with Crippen LogP contribution in [0.5, 0.6) is 0 Å². The number of methoxy groups -OCH3 is 2. The van der Waals surface area contributed by atoms with Crippen molar-refractivity contribution in [1.29, 1.82) is 0 Å². The van der Waals surface area contributed by atoms with E-state index in [4.69, 9.17) is 9.47 Å². The van der Waals surface area contributed by atoms with Crippen LogP contribution in [0.2, 0.25) is 0 Å². The molecule has 92 valence electrons. The van der Waals surface area contributed by atoms with Gasteiger partial charge in [-0.25, -0.2) is 0 Å². The summed E-state index contributed by atoms with van der Waals surface area (Å²) in [5, 5.41) is 0. The van der Waals surface area contributed by atoms with Crippen molar-refractivity contribution >= 4 is 11.6 Å². The second-order valence-corrected chi connectivity index (χ2v) is 3.92. The second kappa shape index (κ2) is 5.48. The molecule has 4 heteroatoms. The molecule has 0 saturated carbocycles. The highest BCUT2D eigenvalue weighted by Gasteiger charge is 2.29. The minimum atomic E-state index is -0.332. The van der Waals surface area contributed by atoms with Crippen molar-refractivity contribution in [3.63, 3.8) is 0 Å². The molecule has 0 unspecified atom stereocenters. The van der Waals surface area contributed by atoms with Gasteiger partial charge in [0, 0.05) is 5.57 Å². The molecule has 0 amide bonds. The highest BCUT2D eigenvalue weighted by Crippen LogP contribution is 2.22. The Bertz CT molecular complexity index is 434. The first-order valence-electron chi connectivity index (χ1n) is 5.26. The van der Waals surface area contributed by atoms with Gasteiger partial charge in [0.25, 0.3) is 0 Å². The van der Waals surface area contributed by atoms with Crippen molar-refractivity contribution in [2.24, 2.45) is 0 Å². The highest BCUT2D eigenvalue weighted by molar-refractivity contribution is 6.21. The van der Waals surface area contributed by atoms with E-state index in [9.17, 15) is 9.59 Å². The number of hydrogen-bond acceptors (Lipinski definition) is 4. The summed E-state index contributed by atoms with van der Waals surface area (Å²) < 4.78 is 9.81. The number of hydrogen-bond donors (Lipinski definition) is 0. The van der Waals surface area contributed by atoms with Crippen LogP contribution in [-0.4, -0.2) is 25.8 Å². The van der Waals surface area contributed by atoms with E-state index < -0.39 is 0 Å². The fraction of sp³-hybridized carbons (Fsp3) is 0.385. The average Bonchev–Trinajstić information content (AvgIpc) is 2.28. The van der Waals surface area contributed by atoms with Crippen molar-refractivity contribution < 1.29 is 19.1 Å². The van der Waals surface area contributed by atoms with E-state index in [1.165, 1.54) is 20.3 Å². The number of ether oxygens (including phenoxy) is 2. The van der Waals surface area contributed by atoms with Crippen molar-refractivity contribution in [2.45, 2.75) is 20.3 Å². The standard InChI is InChI=1S/C13H16O4/c1-8(2)5-6-9-7-10(14)12(16-3)13(17-4)11(9)15/h5,7H,6H2,1-4H3. The second-order valence-electron chi connectivity index (χ2n) is 3.92. The summed E-state index contributed by atoms with van der Waals surface area (Å²) in [6.45, 7) is 3.87. The molecule has 17 heavy (non-hydrogen) atoms. The molecule has 0 aromatic heterocycles. The third-order valence-electron chi connectivity index (χ3n) is 2.37. The lowest BCUT2D eigenvalue weighted by atomic mass is 9.97. The molecule has 4 nitrogen and oxygen atoms in total. The molecule has 0 atom stereocenters. The van der Waals surface area contributed by atoms with Gasteiger partial charge >= 0.3 is 0 Å². The van der Waals surface area contributed by atoms with E-state index in [0.717, 1.165) is 5.57 Å².